The Balaban J connectivity index is 4.51. The molecule has 0 radical (unpaired) electrons. The van der Waals surface area contributed by atoms with Gasteiger partial charge in [0.15, 0.2) is 0 Å². The molecule has 3 atom stereocenters. The Morgan fingerprint density at radius 3 is 1.54 bits per heavy atom. The van der Waals surface area contributed by atoms with Crippen LogP contribution in [0.2, 0.25) is 0 Å². The largest absolute Gasteiger partial charge is 0.756 e. The number of quaternary nitrogens is 1. The van der Waals surface area contributed by atoms with Crippen LogP contribution in [0.25, 0.3) is 0 Å². The maximum Gasteiger partial charge on any atom is 0.268 e. The minimum atomic E-state index is -4.60. The number of phosphoric ester groups is 1. The number of carbonyl (C=O) groups is 1. The molecule has 8 nitrogen and oxygen atoms in total. The topological polar surface area (TPSA) is 108 Å². The van der Waals surface area contributed by atoms with Crippen LogP contribution in [0, 0.1) is 0 Å². The van der Waals surface area contributed by atoms with Crippen molar-refractivity contribution in [2.24, 2.45) is 0 Å². The Hall–Kier alpha value is -1.54. The predicted molar refractivity (Wildman–Crippen MR) is 228 cm³/mol. The van der Waals surface area contributed by atoms with Gasteiger partial charge < -0.3 is 28.8 Å². The highest BCUT2D eigenvalue weighted by molar-refractivity contribution is 7.45. The molecule has 0 aromatic rings. The van der Waals surface area contributed by atoms with Gasteiger partial charge in [0.05, 0.1) is 39.9 Å². The second kappa shape index (κ2) is 37.1. The number of rotatable bonds is 39. The van der Waals surface area contributed by atoms with Gasteiger partial charge in [-0.05, 0) is 70.6 Å². The molecule has 2 N–H and O–H groups in total. The third-order valence-electron chi connectivity index (χ3n) is 9.49. The third-order valence-corrected chi connectivity index (χ3v) is 10.5. The van der Waals surface area contributed by atoms with Gasteiger partial charge >= 0.3 is 0 Å². The van der Waals surface area contributed by atoms with Crippen LogP contribution in [-0.4, -0.2) is 68.5 Å². The number of amides is 1. The van der Waals surface area contributed by atoms with E-state index in [1.165, 1.54) is 96.3 Å². The quantitative estimate of drug-likeness (QED) is 0.0278. The number of hydrogen-bond donors (Lipinski definition) is 2. The van der Waals surface area contributed by atoms with Crippen molar-refractivity contribution in [1.29, 1.82) is 0 Å². The Labute approximate surface area is 333 Å². The molecule has 54 heavy (non-hydrogen) atoms. The van der Waals surface area contributed by atoms with Crippen molar-refractivity contribution in [3.05, 3.63) is 48.6 Å². The maximum absolute atomic E-state index is 12.8. The number of likely N-dealkylation sites (N-methyl/N-ethyl adjacent to an activating group) is 1. The lowest BCUT2D eigenvalue weighted by atomic mass is 10.1. The number of nitrogens with one attached hydrogen (secondary N) is 1. The fourth-order valence-electron chi connectivity index (χ4n) is 5.94. The van der Waals surface area contributed by atoms with Gasteiger partial charge in [0, 0.05) is 6.42 Å². The number of carbonyl (C=O) groups excluding carboxylic acids is 1. The Morgan fingerprint density at radius 1 is 0.630 bits per heavy atom. The van der Waals surface area contributed by atoms with Crippen LogP contribution in [0.5, 0.6) is 0 Å². The molecule has 0 bridgehead atoms. The summed E-state index contributed by atoms with van der Waals surface area (Å²) in [4.78, 5) is 25.2. The van der Waals surface area contributed by atoms with Crippen LogP contribution in [0.15, 0.2) is 48.6 Å². The average Bonchev–Trinajstić information content (AvgIpc) is 3.12. The van der Waals surface area contributed by atoms with E-state index in [1.807, 2.05) is 27.2 Å². The lowest BCUT2D eigenvalue weighted by Crippen LogP contribution is -2.45. The molecule has 0 saturated heterocycles. The fourth-order valence-corrected chi connectivity index (χ4v) is 6.66. The van der Waals surface area contributed by atoms with E-state index >= 15 is 0 Å². The molecular formula is C45H85N2O6P. The van der Waals surface area contributed by atoms with E-state index in [9.17, 15) is 19.4 Å². The summed E-state index contributed by atoms with van der Waals surface area (Å²) >= 11 is 0. The van der Waals surface area contributed by atoms with Crippen LogP contribution in [0.3, 0.4) is 0 Å². The molecule has 0 spiro atoms. The summed E-state index contributed by atoms with van der Waals surface area (Å²) in [6, 6.07) is -0.912. The van der Waals surface area contributed by atoms with Gasteiger partial charge in [0.2, 0.25) is 5.91 Å². The lowest BCUT2D eigenvalue weighted by Gasteiger charge is -2.29. The van der Waals surface area contributed by atoms with Gasteiger partial charge in [-0.1, -0.05) is 152 Å². The molecule has 0 rings (SSSR count). The Kier molecular flexibility index (Phi) is 36.0. The SMILES string of the molecule is CCCCC/C=C\CCCCCCCC(=O)NC(COP(=O)([O-])OCC[N+](C)(C)C)C(O)/C=C/CC/C=C/CC/C=C/CCCCCCCCCCCC. The summed E-state index contributed by atoms with van der Waals surface area (Å²) in [6.07, 6.45) is 45.9. The van der Waals surface area contributed by atoms with Crippen molar-refractivity contribution in [3.63, 3.8) is 0 Å². The van der Waals surface area contributed by atoms with Gasteiger partial charge in [-0.15, -0.1) is 0 Å². The van der Waals surface area contributed by atoms with E-state index in [1.54, 1.807) is 6.08 Å². The van der Waals surface area contributed by atoms with E-state index in [0.29, 0.717) is 17.4 Å². The fraction of sp³-hybridized carbons (Fsp3) is 0.800. The van der Waals surface area contributed by atoms with E-state index in [2.05, 4.69) is 55.6 Å². The number of hydrogen-bond acceptors (Lipinski definition) is 6. The van der Waals surface area contributed by atoms with E-state index in [-0.39, 0.29) is 12.5 Å². The summed E-state index contributed by atoms with van der Waals surface area (Å²) in [5.41, 5.74) is 0. The number of aliphatic hydroxyl groups excluding tert-OH is 1. The highest BCUT2D eigenvalue weighted by atomic mass is 31.2. The minimum Gasteiger partial charge on any atom is -0.756 e. The van der Waals surface area contributed by atoms with Crippen molar-refractivity contribution in [2.45, 2.75) is 193 Å². The minimum absolute atomic E-state index is 0.0117. The van der Waals surface area contributed by atoms with Gasteiger partial charge in [-0.25, -0.2) is 0 Å². The van der Waals surface area contributed by atoms with Gasteiger partial charge in [0.25, 0.3) is 7.82 Å². The molecule has 0 fully saturated rings. The maximum atomic E-state index is 12.8. The number of nitrogens with zero attached hydrogens (tertiary/aromatic N) is 1. The number of allylic oxidation sites excluding steroid dienone is 7. The van der Waals surface area contributed by atoms with E-state index < -0.39 is 26.6 Å². The first kappa shape index (κ1) is 52.5. The molecule has 0 aromatic heterocycles. The molecule has 0 aliphatic heterocycles. The summed E-state index contributed by atoms with van der Waals surface area (Å²) in [5.74, 6) is -0.224. The molecule has 316 valence electrons. The first-order valence-electron chi connectivity index (χ1n) is 22.0. The second-order valence-electron chi connectivity index (χ2n) is 16.0. The Morgan fingerprint density at radius 2 is 1.04 bits per heavy atom. The molecular weight excluding hydrogens is 695 g/mol. The molecule has 0 aliphatic carbocycles. The van der Waals surface area contributed by atoms with Crippen molar-refractivity contribution >= 4 is 13.7 Å². The number of unbranched alkanes of at least 4 members (excludes halogenated alkanes) is 20. The van der Waals surface area contributed by atoms with Gasteiger partial charge in [0.1, 0.15) is 13.2 Å². The first-order valence-corrected chi connectivity index (χ1v) is 23.5. The lowest BCUT2D eigenvalue weighted by molar-refractivity contribution is -0.870. The predicted octanol–water partition coefficient (Wildman–Crippen LogP) is 11.4. The monoisotopic (exact) mass is 781 g/mol. The van der Waals surface area contributed by atoms with Crippen LogP contribution in [-0.2, 0) is 18.4 Å². The molecule has 0 aliphatic rings. The smallest absolute Gasteiger partial charge is 0.268 e. The van der Waals surface area contributed by atoms with Crippen molar-refractivity contribution in [3.8, 4) is 0 Å². The van der Waals surface area contributed by atoms with Crippen molar-refractivity contribution in [1.82, 2.24) is 5.32 Å². The zero-order valence-corrected chi connectivity index (χ0v) is 36.6. The molecule has 1 amide bonds. The second-order valence-corrected chi connectivity index (χ2v) is 17.4. The van der Waals surface area contributed by atoms with Gasteiger partial charge in [-0.2, -0.15) is 0 Å². The molecule has 3 unspecified atom stereocenters. The van der Waals surface area contributed by atoms with Gasteiger partial charge in [-0.3, -0.25) is 9.36 Å². The highest BCUT2D eigenvalue weighted by Crippen LogP contribution is 2.38. The molecule has 0 heterocycles. The van der Waals surface area contributed by atoms with Crippen LogP contribution in [0.1, 0.15) is 181 Å². The summed E-state index contributed by atoms with van der Waals surface area (Å²) in [7, 11) is 1.22. The third kappa shape index (κ3) is 38.7. The van der Waals surface area contributed by atoms with E-state index in [4.69, 9.17) is 9.05 Å². The number of aliphatic hydroxyl groups is 1. The van der Waals surface area contributed by atoms with E-state index in [0.717, 1.165) is 64.2 Å². The van der Waals surface area contributed by atoms with Crippen LogP contribution >= 0.6 is 7.82 Å². The highest BCUT2D eigenvalue weighted by Gasteiger charge is 2.23. The molecule has 0 aromatic carbocycles. The molecule has 9 heteroatoms. The Bertz CT molecular complexity index is 1020. The van der Waals surface area contributed by atoms with Crippen LogP contribution in [0.4, 0.5) is 0 Å². The normalized spacial score (nSPS) is 14.9. The zero-order chi connectivity index (χ0) is 40.0. The summed E-state index contributed by atoms with van der Waals surface area (Å²) < 4.78 is 23.1. The van der Waals surface area contributed by atoms with Crippen LogP contribution < -0.4 is 10.2 Å². The zero-order valence-electron chi connectivity index (χ0n) is 35.7. The molecule has 0 saturated carbocycles. The summed E-state index contributed by atoms with van der Waals surface area (Å²) in [6.45, 7) is 4.57. The van der Waals surface area contributed by atoms with Crippen molar-refractivity contribution in [2.75, 3.05) is 40.9 Å². The number of phosphoric acid groups is 1. The average molecular weight is 781 g/mol. The van der Waals surface area contributed by atoms with Crippen molar-refractivity contribution < 1.29 is 32.9 Å². The first-order chi connectivity index (χ1) is 26.0. The summed E-state index contributed by atoms with van der Waals surface area (Å²) in [5, 5.41) is 13.7. The standard InChI is InChI=1S/C45H85N2O6P/c1-6-8-10-12-14-16-18-20-21-22-23-24-25-26-27-28-30-32-34-36-38-44(48)43(42-53-54(50,51)52-41-40-47(3,4)5)46-45(49)39-37-35-33-31-29-19-17-15-13-11-9-7-2/h15,17,24-25,28,30,36,38,43-44,48H,6-14,16,18-23,26-27,29,31-35,37,39-42H2,1-5H3,(H-,46,49,50,51)/b17-15-,25-24+,30-28+,38-36+.